The van der Waals surface area contributed by atoms with Crippen molar-refractivity contribution >= 4 is 24.3 Å². The minimum atomic E-state index is -4.87. The molecule has 0 aliphatic heterocycles. The normalized spacial score (nSPS) is 15.4. The molecule has 1 amide bonds. The molecule has 6 N–H and O–H groups in total. The maximum Gasteiger partial charge on any atom is 0.573 e. The highest BCUT2D eigenvalue weighted by Gasteiger charge is 2.40. The lowest BCUT2D eigenvalue weighted by atomic mass is 9.97. The Morgan fingerprint density at radius 2 is 1.08 bits per heavy atom. The summed E-state index contributed by atoms with van der Waals surface area (Å²) in [6.07, 6.45) is -23.5. The number of aliphatic carboxylic acids is 1. The molecule has 0 fully saturated rings. The zero-order valence-electron chi connectivity index (χ0n) is 27.6. The van der Waals surface area contributed by atoms with Crippen LogP contribution in [0.1, 0.15) is 76.6 Å². The predicted octanol–water partition coefficient (Wildman–Crippen LogP) is 8.05. The molecular weight excluding hydrogens is 764 g/mol. The monoisotopic (exact) mass is 800 g/mol. The number of aliphatic hydroxyl groups is 2. The number of hydrogen-bond acceptors (Lipinski definition) is 7. The highest BCUT2D eigenvalue weighted by Crippen LogP contribution is 2.31. The van der Waals surface area contributed by atoms with E-state index in [4.69, 9.17) is 15.9 Å². The van der Waals surface area contributed by atoms with Crippen molar-refractivity contribution in [3.63, 3.8) is 0 Å². The molecule has 0 aliphatic rings. The summed E-state index contributed by atoms with van der Waals surface area (Å²) in [5, 5.41) is 29.0. The zero-order valence-corrected chi connectivity index (χ0v) is 28.4. The van der Waals surface area contributed by atoms with Gasteiger partial charge in [0.15, 0.2) is 0 Å². The molecule has 2 unspecified atom stereocenters. The van der Waals surface area contributed by atoms with Gasteiger partial charge in [-0.25, -0.2) is 0 Å². The molecule has 2 rings (SSSR count). The minimum absolute atomic E-state index is 0. The number of rotatable bonds is 11. The minimum Gasteiger partial charge on any atom is -0.481 e. The number of ether oxygens (including phenoxy) is 2. The Morgan fingerprint density at radius 1 is 0.712 bits per heavy atom. The van der Waals surface area contributed by atoms with Gasteiger partial charge in [-0.05, 0) is 63.1 Å². The summed E-state index contributed by atoms with van der Waals surface area (Å²) in [5.74, 6) is -3.06. The molecule has 0 aliphatic carbocycles. The molecule has 4 atom stereocenters. The first-order valence-electron chi connectivity index (χ1n) is 14.2. The fourth-order valence-corrected chi connectivity index (χ4v) is 4.01. The Balaban J connectivity index is 0. The Morgan fingerprint density at radius 3 is 1.42 bits per heavy atom. The third-order valence-corrected chi connectivity index (χ3v) is 5.82. The van der Waals surface area contributed by atoms with Crippen molar-refractivity contribution in [1.82, 2.24) is 5.32 Å². The zero-order chi connectivity index (χ0) is 40.2. The van der Waals surface area contributed by atoms with Crippen LogP contribution in [0.15, 0.2) is 48.5 Å². The molecule has 0 saturated carbocycles. The van der Waals surface area contributed by atoms with Gasteiger partial charge < -0.3 is 35.8 Å². The first-order valence-corrected chi connectivity index (χ1v) is 14.2. The number of nitrogens with two attached hydrogens (primary N) is 1. The second-order valence-corrected chi connectivity index (χ2v) is 11.6. The van der Waals surface area contributed by atoms with Gasteiger partial charge >= 0.3 is 31.0 Å². The highest BCUT2D eigenvalue weighted by atomic mass is 35.5. The average Bonchev–Trinajstić information content (AvgIpc) is 2.83. The quantitative estimate of drug-likeness (QED) is 0.143. The molecule has 0 spiro atoms. The van der Waals surface area contributed by atoms with Gasteiger partial charge in [-0.15, -0.1) is 38.7 Å². The summed E-state index contributed by atoms with van der Waals surface area (Å²) >= 11 is 0. The van der Waals surface area contributed by atoms with Crippen LogP contribution in [0.5, 0.6) is 11.5 Å². The number of hydrogen-bond donors (Lipinski definition) is 5. The largest absolute Gasteiger partial charge is 0.573 e. The number of benzene rings is 2. The van der Waals surface area contributed by atoms with E-state index in [1.54, 1.807) is 13.0 Å². The fraction of sp³-hybridized carbons (Fsp3) is 0.533. The van der Waals surface area contributed by atoms with Crippen LogP contribution in [0.4, 0.5) is 52.7 Å². The number of carboxylic acid groups (broad SMARTS) is 1. The molecule has 0 aromatic heterocycles. The lowest BCUT2D eigenvalue weighted by Crippen LogP contribution is -2.38. The van der Waals surface area contributed by atoms with Crippen LogP contribution in [0.2, 0.25) is 0 Å². The Hall–Kier alpha value is -3.69. The standard InChI is InChI=1S/C15H17F6NO3.C9H10F3NO.C6H9F3O3.ClH/c1-9(10-4-3-5-11(6-10)25-15(19,20)21)22-12(23)7-13(2,24)8-14(16,17)18;1-6(13)7-3-2-4-8(5-7)14-9(10,11)12;1-5(12,2-4(10)11)3-6(7,8)9;/h3-6,9,24H,7-8H2,1-2H3,(H,22,23);2-6H,13H2,1H3;12H,2-3H2,1H3,(H,10,11);1H/t9-,13?;6-;;/m00../s1. The van der Waals surface area contributed by atoms with Gasteiger partial charge in [-0.3, -0.25) is 9.59 Å². The molecule has 0 radical (unpaired) electrons. The molecule has 22 heteroatoms. The van der Waals surface area contributed by atoms with Crippen LogP contribution in [0.3, 0.4) is 0 Å². The first-order chi connectivity index (χ1) is 22.7. The highest BCUT2D eigenvalue weighted by molar-refractivity contribution is 5.85. The van der Waals surface area contributed by atoms with Gasteiger partial charge in [0.25, 0.3) is 0 Å². The van der Waals surface area contributed by atoms with Gasteiger partial charge in [0.05, 0.1) is 42.9 Å². The van der Waals surface area contributed by atoms with E-state index in [9.17, 15) is 67.4 Å². The number of nitrogens with one attached hydrogen (secondary N) is 1. The van der Waals surface area contributed by atoms with Gasteiger partial charge in [-0.2, -0.15) is 26.3 Å². The topological polar surface area (TPSA) is 151 Å². The van der Waals surface area contributed by atoms with Gasteiger partial charge in [0.2, 0.25) is 5.91 Å². The third kappa shape index (κ3) is 26.1. The fourth-order valence-electron chi connectivity index (χ4n) is 4.01. The molecular formula is C30H37ClF12N2O7. The molecule has 0 saturated heterocycles. The maximum absolute atomic E-state index is 12.3. The lowest BCUT2D eigenvalue weighted by Gasteiger charge is -2.25. The van der Waals surface area contributed by atoms with E-state index in [-0.39, 0.29) is 29.8 Å². The van der Waals surface area contributed by atoms with Crippen molar-refractivity contribution in [2.75, 3.05) is 0 Å². The molecule has 2 aromatic rings. The van der Waals surface area contributed by atoms with E-state index in [1.165, 1.54) is 37.3 Å². The molecule has 300 valence electrons. The second kappa shape index (κ2) is 20.0. The van der Waals surface area contributed by atoms with Crippen LogP contribution in [0.25, 0.3) is 0 Å². The van der Waals surface area contributed by atoms with Crippen LogP contribution in [-0.2, 0) is 9.59 Å². The number of alkyl halides is 12. The number of halogens is 13. The molecule has 9 nitrogen and oxygen atoms in total. The summed E-state index contributed by atoms with van der Waals surface area (Å²) in [4.78, 5) is 21.8. The van der Waals surface area contributed by atoms with Crippen LogP contribution < -0.4 is 20.5 Å². The van der Waals surface area contributed by atoms with Crippen molar-refractivity contribution in [1.29, 1.82) is 0 Å². The Bertz CT molecular complexity index is 1400. The summed E-state index contributed by atoms with van der Waals surface area (Å²) < 4.78 is 151. The number of carboxylic acids is 1. The summed E-state index contributed by atoms with van der Waals surface area (Å²) in [7, 11) is 0. The van der Waals surface area contributed by atoms with E-state index in [1.807, 2.05) is 0 Å². The van der Waals surface area contributed by atoms with E-state index >= 15 is 0 Å². The summed E-state index contributed by atoms with van der Waals surface area (Å²) in [5.41, 5.74) is 1.86. The van der Waals surface area contributed by atoms with Gasteiger partial charge in [-0.1, -0.05) is 24.3 Å². The third-order valence-electron chi connectivity index (χ3n) is 5.82. The molecule has 0 bridgehead atoms. The van der Waals surface area contributed by atoms with Crippen LogP contribution in [-0.4, -0.2) is 63.5 Å². The van der Waals surface area contributed by atoms with Crippen molar-refractivity contribution in [2.45, 2.75) is 102 Å². The average molecular weight is 801 g/mol. The molecule has 0 heterocycles. The van der Waals surface area contributed by atoms with E-state index in [0.717, 1.165) is 26.0 Å². The second-order valence-electron chi connectivity index (χ2n) is 11.6. The SMILES string of the molecule is CC(O)(CC(=O)O)CC(F)(F)F.C[C@H](N)c1cccc(OC(F)(F)F)c1.C[C@H](NC(=O)CC(C)(O)CC(F)(F)F)c1cccc(OC(F)(F)F)c1.Cl. The molecule has 2 aromatic carbocycles. The maximum atomic E-state index is 12.3. The lowest BCUT2D eigenvalue weighted by molar-refractivity contribution is -0.275. The van der Waals surface area contributed by atoms with Gasteiger partial charge in [0.1, 0.15) is 11.5 Å². The van der Waals surface area contributed by atoms with Crippen LogP contribution >= 0.6 is 12.4 Å². The van der Waals surface area contributed by atoms with Gasteiger partial charge in [0, 0.05) is 6.04 Å². The van der Waals surface area contributed by atoms with Crippen molar-refractivity contribution in [3.05, 3.63) is 59.7 Å². The smallest absolute Gasteiger partial charge is 0.481 e. The number of carbonyl (C=O) groups is 2. The van der Waals surface area contributed by atoms with Crippen molar-refractivity contribution in [2.24, 2.45) is 5.73 Å². The summed E-state index contributed by atoms with van der Waals surface area (Å²) in [6.45, 7) is 4.84. The first kappa shape index (κ1) is 50.4. The number of carbonyl (C=O) groups excluding carboxylic acids is 1. The number of amides is 1. The Labute approximate surface area is 295 Å². The molecule has 52 heavy (non-hydrogen) atoms. The van der Waals surface area contributed by atoms with E-state index in [2.05, 4.69) is 14.8 Å². The van der Waals surface area contributed by atoms with Crippen molar-refractivity contribution < 1.29 is 87.1 Å². The summed E-state index contributed by atoms with van der Waals surface area (Å²) in [6, 6.07) is 9.33. The van der Waals surface area contributed by atoms with E-state index in [0.29, 0.717) is 5.56 Å². The Kier molecular flexibility index (Phi) is 19.3. The van der Waals surface area contributed by atoms with Crippen molar-refractivity contribution in [3.8, 4) is 11.5 Å². The van der Waals surface area contributed by atoms with Crippen LogP contribution in [0, 0.1) is 0 Å². The van der Waals surface area contributed by atoms with E-state index < -0.39 is 85.6 Å². The predicted molar refractivity (Wildman–Crippen MR) is 162 cm³/mol.